The van der Waals surface area contributed by atoms with Crippen LogP contribution >= 0.6 is 0 Å². The number of carboxylic acid groups (broad SMARTS) is 1. The first-order chi connectivity index (χ1) is 14.3. The van der Waals surface area contributed by atoms with Crippen LogP contribution in [0.3, 0.4) is 0 Å². The van der Waals surface area contributed by atoms with E-state index in [2.05, 4.69) is 33.0 Å². The summed E-state index contributed by atoms with van der Waals surface area (Å²) in [4.78, 5) is 24.8. The van der Waals surface area contributed by atoms with Crippen molar-refractivity contribution >= 4 is 17.6 Å². The van der Waals surface area contributed by atoms with Crippen molar-refractivity contribution < 1.29 is 19.8 Å². The van der Waals surface area contributed by atoms with Crippen LogP contribution in [-0.2, 0) is 16.2 Å². The molecule has 3 unspecified atom stereocenters. The minimum absolute atomic E-state index is 0.0375. The van der Waals surface area contributed by atoms with Crippen LogP contribution in [0, 0.1) is 28.6 Å². The molecule has 0 aliphatic rings. The summed E-state index contributed by atoms with van der Waals surface area (Å²) in [5.41, 5.74) is 0.884. The molecule has 0 heterocycles. The van der Waals surface area contributed by atoms with Gasteiger partial charge in [0, 0.05) is 11.6 Å². The Morgan fingerprint density at radius 3 is 2.06 bits per heavy atom. The number of aliphatic hydroxyl groups excluding tert-OH is 1. The Bertz CT molecular complexity index is 709. The van der Waals surface area contributed by atoms with Gasteiger partial charge in [0.05, 0.1) is 12.0 Å². The molecule has 31 heavy (non-hydrogen) atoms. The zero-order valence-corrected chi connectivity index (χ0v) is 20.5. The summed E-state index contributed by atoms with van der Waals surface area (Å²) in [5, 5.41) is 21.8. The fourth-order valence-corrected chi connectivity index (χ4v) is 4.29. The largest absolute Gasteiger partial charge is 0.481 e. The molecule has 5 nitrogen and oxygen atoms in total. The topological polar surface area (TPSA) is 86.6 Å². The van der Waals surface area contributed by atoms with E-state index in [1.54, 1.807) is 38.1 Å². The number of amides is 1. The van der Waals surface area contributed by atoms with Crippen LogP contribution < -0.4 is 5.32 Å². The molecule has 0 aliphatic carbocycles. The molecule has 5 heteroatoms. The number of hydrogen-bond acceptors (Lipinski definition) is 3. The SMILES string of the molecule is CCC(C)(C)CC(C)CCC(C(=O)Nc1ccc(CO)cc1)C(C)CC(C)(C)C(=O)O. The van der Waals surface area contributed by atoms with E-state index in [4.69, 9.17) is 0 Å². The molecule has 0 saturated carbocycles. The van der Waals surface area contributed by atoms with Crippen molar-refractivity contribution in [1.82, 2.24) is 0 Å². The van der Waals surface area contributed by atoms with Crippen LogP contribution in [0.15, 0.2) is 24.3 Å². The molecule has 1 amide bonds. The summed E-state index contributed by atoms with van der Waals surface area (Å²) in [7, 11) is 0. The first-order valence-electron chi connectivity index (χ1n) is 11.6. The summed E-state index contributed by atoms with van der Waals surface area (Å²) >= 11 is 0. The summed E-state index contributed by atoms with van der Waals surface area (Å²) < 4.78 is 0. The third kappa shape index (κ3) is 9.02. The Morgan fingerprint density at radius 2 is 1.58 bits per heavy atom. The van der Waals surface area contributed by atoms with Gasteiger partial charge in [-0.3, -0.25) is 9.59 Å². The maximum absolute atomic E-state index is 13.2. The average Bonchev–Trinajstić information content (AvgIpc) is 2.67. The number of benzene rings is 1. The molecule has 1 rings (SSSR count). The molecule has 0 aromatic heterocycles. The Labute approximate surface area is 188 Å². The third-order valence-corrected chi connectivity index (χ3v) is 6.67. The summed E-state index contributed by atoms with van der Waals surface area (Å²) in [5.74, 6) is -0.727. The van der Waals surface area contributed by atoms with E-state index in [1.165, 1.54) is 0 Å². The quantitative estimate of drug-likeness (QED) is 0.350. The zero-order valence-electron chi connectivity index (χ0n) is 20.5. The molecule has 3 N–H and O–H groups in total. The van der Waals surface area contributed by atoms with Crippen LogP contribution in [0.4, 0.5) is 5.69 Å². The standard InChI is InChI=1S/C26H43NO4/c1-8-25(4,5)15-18(2)9-14-22(19(3)16-26(6,7)24(30)31)23(29)27-21-12-10-20(17-28)11-13-21/h10-13,18-19,22,28H,8-9,14-17H2,1-7H3,(H,27,29)(H,30,31). The first kappa shape index (κ1) is 27.2. The maximum Gasteiger partial charge on any atom is 0.309 e. The number of rotatable bonds is 13. The number of nitrogens with one attached hydrogen (secondary N) is 1. The van der Waals surface area contributed by atoms with Crippen molar-refractivity contribution in [3.05, 3.63) is 29.8 Å². The molecule has 1 aromatic carbocycles. The lowest BCUT2D eigenvalue weighted by Gasteiger charge is -2.31. The van der Waals surface area contributed by atoms with Crippen molar-refractivity contribution in [3.8, 4) is 0 Å². The number of hydrogen-bond donors (Lipinski definition) is 3. The number of aliphatic hydroxyl groups is 1. The zero-order chi connectivity index (χ0) is 23.8. The highest BCUT2D eigenvalue weighted by Crippen LogP contribution is 2.35. The Balaban J connectivity index is 2.94. The second kappa shape index (κ2) is 11.7. The third-order valence-electron chi connectivity index (χ3n) is 6.67. The normalized spacial score (nSPS) is 15.2. The minimum atomic E-state index is -0.878. The first-order valence-corrected chi connectivity index (χ1v) is 11.6. The van der Waals surface area contributed by atoms with Crippen molar-refractivity contribution in [2.45, 2.75) is 87.2 Å². The summed E-state index contributed by atoms with van der Waals surface area (Å²) in [6.45, 7) is 14.4. The number of carbonyl (C=O) groups is 2. The molecule has 176 valence electrons. The minimum Gasteiger partial charge on any atom is -0.481 e. The number of carboxylic acids is 1. The van der Waals surface area contributed by atoms with Gasteiger partial charge in [0.2, 0.25) is 5.91 Å². The van der Waals surface area contributed by atoms with E-state index in [-0.39, 0.29) is 29.8 Å². The van der Waals surface area contributed by atoms with Gasteiger partial charge in [0.25, 0.3) is 0 Å². The van der Waals surface area contributed by atoms with Gasteiger partial charge in [0.15, 0.2) is 0 Å². The summed E-state index contributed by atoms with van der Waals surface area (Å²) in [6, 6.07) is 7.16. The molecular formula is C26H43NO4. The van der Waals surface area contributed by atoms with Gasteiger partial charge in [-0.2, -0.15) is 0 Å². The maximum atomic E-state index is 13.2. The van der Waals surface area contributed by atoms with Crippen LogP contribution in [0.25, 0.3) is 0 Å². The van der Waals surface area contributed by atoms with Crippen molar-refractivity contribution in [2.24, 2.45) is 28.6 Å². The van der Waals surface area contributed by atoms with E-state index in [9.17, 15) is 19.8 Å². The van der Waals surface area contributed by atoms with Crippen LogP contribution in [0.2, 0.25) is 0 Å². The van der Waals surface area contributed by atoms with Gasteiger partial charge in [-0.25, -0.2) is 0 Å². The van der Waals surface area contributed by atoms with Crippen LogP contribution in [-0.4, -0.2) is 22.1 Å². The fraction of sp³-hybridized carbons (Fsp3) is 0.692. The number of anilines is 1. The summed E-state index contributed by atoms with van der Waals surface area (Å²) in [6.07, 6.45) is 4.34. The van der Waals surface area contributed by atoms with Crippen LogP contribution in [0.5, 0.6) is 0 Å². The molecular weight excluding hydrogens is 390 g/mol. The second-order valence-electron chi connectivity index (χ2n) is 10.7. The van der Waals surface area contributed by atoms with Crippen LogP contribution in [0.1, 0.15) is 86.1 Å². The molecule has 0 radical (unpaired) electrons. The van der Waals surface area contributed by atoms with Gasteiger partial charge in [-0.05, 0) is 74.5 Å². The predicted molar refractivity (Wildman–Crippen MR) is 127 cm³/mol. The fourth-order valence-electron chi connectivity index (χ4n) is 4.29. The Hall–Kier alpha value is -1.88. The molecule has 0 bridgehead atoms. The highest BCUT2D eigenvalue weighted by atomic mass is 16.4. The highest BCUT2D eigenvalue weighted by Gasteiger charge is 2.35. The molecule has 0 spiro atoms. The van der Waals surface area contributed by atoms with Crippen molar-refractivity contribution in [2.75, 3.05) is 5.32 Å². The molecule has 3 atom stereocenters. The van der Waals surface area contributed by atoms with E-state index in [0.717, 1.165) is 31.2 Å². The molecule has 0 aliphatic heterocycles. The lowest BCUT2D eigenvalue weighted by molar-refractivity contribution is -0.148. The van der Waals surface area contributed by atoms with E-state index in [1.807, 2.05) is 6.92 Å². The van der Waals surface area contributed by atoms with Gasteiger partial charge in [0.1, 0.15) is 0 Å². The van der Waals surface area contributed by atoms with Gasteiger partial charge in [-0.1, -0.05) is 53.2 Å². The number of aliphatic carboxylic acids is 1. The van der Waals surface area contributed by atoms with E-state index in [0.29, 0.717) is 18.0 Å². The Kier molecular flexibility index (Phi) is 10.2. The average molecular weight is 434 g/mol. The van der Waals surface area contributed by atoms with E-state index >= 15 is 0 Å². The molecule has 0 fully saturated rings. The van der Waals surface area contributed by atoms with Gasteiger partial charge < -0.3 is 15.5 Å². The van der Waals surface area contributed by atoms with Crippen molar-refractivity contribution in [1.29, 1.82) is 0 Å². The number of carbonyl (C=O) groups excluding carboxylic acids is 1. The van der Waals surface area contributed by atoms with Crippen molar-refractivity contribution in [3.63, 3.8) is 0 Å². The van der Waals surface area contributed by atoms with Gasteiger partial charge in [-0.15, -0.1) is 0 Å². The lowest BCUT2D eigenvalue weighted by Crippen LogP contribution is -2.34. The molecule has 1 aromatic rings. The van der Waals surface area contributed by atoms with Gasteiger partial charge >= 0.3 is 5.97 Å². The van der Waals surface area contributed by atoms with E-state index < -0.39 is 11.4 Å². The lowest BCUT2D eigenvalue weighted by atomic mass is 9.74. The molecule has 0 saturated heterocycles. The monoisotopic (exact) mass is 433 g/mol. The smallest absolute Gasteiger partial charge is 0.309 e. The highest BCUT2D eigenvalue weighted by molar-refractivity contribution is 5.92. The Morgan fingerprint density at radius 1 is 1.00 bits per heavy atom. The predicted octanol–water partition coefficient (Wildman–Crippen LogP) is 6.11. The second-order valence-corrected chi connectivity index (χ2v) is 10.7.